The second kappa shape index (κ2) is 7.84. The number of fused-ring (bicyclic) bond motifs is 5. The lowest BCUT2D eigenvalue weighted by molar-refractivity contribution is -0.0399. The summed E-state index contributed by atoms with van der Waals surface area (Å²) >= 11 is 0. The van der Waals surface area contributed by atoms with E-state index in [1.807, 2.05) is 24.3 Å². The van der Waals surface area contributed by atoms with Crippen LogP contribution in [0.5, 0.6) is 0 Å². The van der Waals surface area contributed by atoms with Gasteiger partial charge in [-0.1, -0.05) is 84.9 Å². The van der Waals surface area contributed by atoms with Gasteiger partial charge in [-0.2, -0.15) is 0 Å². The van der Waals surface area contributed by atoms with E-state index in [2.05, 4.69) is 66.7 Å². The third-order valence-electron chi connectivity index (χ3n) is 11.1. The lowest BCUT2D eigenvalue weighted by Crippen LogP contribution is -2.55. The zero-order valence-corrected chi connectivity index (χ0v) is 22.0. The highest BCUT2D eigenvalue weighted by molar-refractivity contribution is 6.66. The number of hydrogen-bond donors (Lipinski definition) is 2. The van der Waals surface area contributed by atoms with Gasteiger partial charge in [0, 0.05) is 5.41 Å². The highest BCUT2D eigenvalue weighted by Crippen LogP contribution is 2.69. The predicted molar refractivity (Wildman–Crippen MR) is 160 cm³/mol. The third-order valence-corrected chi connectivity index (χ3v) is 11.1. The van der Waals surface area contributed by atoms with E-state index < -0.39 is 7.12 Å². The van der Waals surface area contributed by atoms with Gasteiger partial charge in [0.05, 0.1) is 0 Å². The summed E-state index contributed by atoms with van der Waals surface area (Å²) in [5.41, 5.74) is 9.16. The molecule has 4 fully saturated rings. The largest absolute Gasteiger partial charge is 0.489 e. The van der Waals surface area contributed by atoms with Crippen LogP contribution in [0, 0.1) is 23.7 Å². The van der Waals surface area contributed by atoms with E-state index in [-0.39, 0.29) is 5.41 Å². The van der Waals surface area contributed by atoms with E-state index in [1.54, 1.807) is 11.1 Å². The summed E-state index contributed by atoms with van der Waals surface area (Å²) in [6.45, 7) is 0. The molecule has 5 aromatic carbocycles. The Morgan fingerprint density at radius 2 is 1.10 bits per heavy atom. The zero-order valence-electron chi connectivity index (χ0n) is 22.0. The molecule has 4 bridgehead atoms. The Balaban J connectivity index is 1.36. The minimum absolute atomic E-state index is 0.127. The molecule has 5 aromatic rings. The first kappa shape index (κ1) is 22.4. The molecule has 4 saturated carbocycles. The molecule has 0 saturated heterocycles. The molecule has 2 nitrogen and oxygen atoms in total. The Morgan fingerprint density at radius 1 is 0.564 bits per heavy atom. The van der Waals surface area contributed by atoms with Crippen LogP contribution in [0.3, 0.4) is 0 Å². The van der Waals surface area contributed by atoms with Gasteiger partial charge in [-0.3, -0.25) is 0 Å². The molecule has 0 amide bonds. The number of rotatable bonds is 2. The molecule has 0 aromatic heterocycles. The molecule has 1 spiro atoms. The van der Waals surface area contributed by atoms with E-state index in [9.17, 15) is 10.0 Å². The molecule has 39 heavy (non-hydrogen) atoms. The van der Waals surface area contributed by atoms with Crippen molar-refractivity contribution in [2.24, 2.45) is 23.7 Å². The van der Waals surface area contributed by atoms with Crippen LogP contribution in [0.2, 0.25) is 0 Å². The summed E-state index contributed by atoms with van der Waals surface area (Å²) in [6, 6.07) is 33.0. The van der Waals surface area contributed by atoms with Crippen molar-refractivity contribution < 1.29 is 10.0 Å². The zero-order chi connectivity index (χ0) is 25.9. The van der Waals surface area contributed by atoms with E-state index in [1.165, 1.54) is 54.4 Å². The summed E-state index contributed by atoms with van der Waals surface area (Å²) < 4.78 is 0. The van der Waals surface area contributed by atoms with Crippen LogP contribution in [-0.4, -0.2) is 17.2 Å². The van der Waals surface area contributed by atoms with Gasteiger partial charge in [-0.05, 0) is 122 Å². The summed E-state index contributed by atoms with van der Waals surface area (Å²) in [7, 11) is -1.53. The Morgan fingerprint density at radius 3 is 1.72 bits per heavy atom. The standard InChI is InChI=1S/C36H31BO2/c38-37(39)35-30-10-3-1-8-28(30)34(29-9-2-4-11-31(29)35)23-13-14-27-26-7-5-6-12-32(26)36(33(27)20-23)24-16-21-15-22(18-24)19-25(36)17-21/h1-14,20-22,24-25,38-39H,15-19H2. The van der Waals surface area contributed by atoms with Crippen molar-refractivity contribution >= 4 is 34.1 Å². The molecule has 190 valence electrons. The molecular formula is C36H31BO2. The van der Waals surface area contributed by atoms with Crippen LogP contribution in [-0.2, 0) is 5.41 Å². The van der Waals surface area contributed by atoms with Gasteiger partial charge in [0.1, 0.15) is 0 Å². The van der Waals surface area contributed by atoms with Crippen molar-refractivity contribution in [3.63, 3.8) is 0 Å². The molecule has 0 unspecified atom stereocenters. The Hall–Kier alpha value is -3.40. The average molecular weight is 506 g/mol. The van der Waals surface area contributed by atoms with Crippen molar-refractivity contribution in [3.05, 3.63) is 102 Å². The van der Waals surface area contributed by atoms with Gasteiger partial charge >= 0.3 is 7.12 Å². The summed E-state index contributed by atoms with van der Waals surface area (Å²) in [5, 5.41) is 24.9. The van der Waals surface area contributed by atoms with Crippen LogP contribution in [0.4, 0.5) is 0 Å². The van der Waals surface area contributed by atoms with Gasteiger partial charge in [0.2, 0.25) is 0 Å². The second-order valence-corrected chi connectivity index (χ2v) is 12.7. The summed E-state index contributed by atoms with van der Waals surface area (Å²) in [5.74, 6) is 3.30. The smallest absolute Gasteiger partial charge is 0.423 e. The first-order valence-electron chi connectivity index (χ1n) is 14.7. The van der Waals surface area contributed by atoms with Crippen LogP contribution in [0.1, 0.15) is 43.2 Å². The molecule has 0 heterocycles. The van der Waals surface area contributed by atoms with Gasteiger partial charge in [0.25, 0.3) is 0 Å². The topological polar surface area (TPSA) is 40.5 Å². The molecule has 5 aliphatic rings. The maximum absolute atomic E-state index is 10.4. The van der Waals surface area contributed by atoms with Crippen LogP contribution in [0.15, 0.2) is 91.0 Å². The Labute approximate surface area is 229 Å². The average Bonchev–Trinajstić information content (AvgIpc) is 3.24. The number of hydrogen-bond acceptors (Lipinski definition) is 2. The minimum Gasteiger partial charge on any atom is -0.423 e. The SMILES string of the molecule is OB(O)c1c2ccccc2c(-c2ccc3c(c2)C2(c4ccccc4-3)C3CC4CC(C3)CC2C4)c2ccccc12. The molecule has 0 aliphatic heterocycles. The van der Waals surface area contributed by atoms with E-state index in [0.29, 0.717) is 5.46 Å². The van der Waals surface area contributed by atoms with Gasteiger partial charge in [-0.25, -0.2) is 0 Å². The van der Waals surface area contributed by atoms with Gasteiger partial charge < -0.3 is 10.0 Å². The molecule has 0 atom stereocenters. The van der Waals surface area contributed by atoms with Crippen molar-refractivity contribution in [2.45, 2.75) is 37.5 Å². The highest BCUT2D eigenvalue weighted by Gasteiger charge is 2.61. The molecule has 3 heteroatoms. The third kappa shape index (κ3) is 2.80. The molecule has 2 N–H and O–H groups in total. The molecule has 10 rings (SSSR count). The quantitative estimate of drug-likeness (QED) is 0.199. The van der Waals surface area contributed by atoms with Crippen LogP contribution >= 0.6 is 0 Å². The first-order valence-corrected chi connectivity index (χ1v) is 14.7. The first-order chi connectivity index (χ1) is 19.1. The van der Waals surface area contributed by atoms with E-state index in [4.69, 9.17) is 0 Å². The molecular weight excluding hydrogens is 475 g/mol. The van der Waals surface area contributed by atoms with Crippen molar-refractivity contribution in [3.8, 4) is 22.3 Å². The van der Waals surface area contributed by atoms with Crippen molar-refractivity contribution in [1.29, 1.82) is 0 Å². The highest BCUT2D eigenvalue weighted by atomic mass is 16.4. The maximum Gasteiger partial charge on any atom is 0.489 e. The number of benzene rings is 5. The normalized spacial score (nSPS) is 27.8. The van der Waals surface area contributed by atoms with E-state index >= 15 is 0 Å². The van der Waals surface area contributed by atoms with Crippen LogP contribution in [0.25, 0.3) is 43.8 Å². The Kier molecular flexibility index (Phi) is 4.51. The summed E-state index contributed by atoms with van der Waals surface area (Å²) in [4.78, 5) is 0. The molecule has 0 radical (unpaired) electrons. The van der Waals surface area contributed by atoms with Crippen molar-refractivity contribution in [1.82, 2.24) is 0 Å². The van der Waals surface area contributed by atoms with Crippen LogP contribution < -0.4 is 5.46 Å². The fourth-order valence-corrected chi connectivity index (χ4v) is 10.1. The molecule has 5 aliphatic carbocycles. The van der Waals surface area contributed by atoms with Gasteiger partial charge in [-0.15, -0.1) is 0 Å². The summed E-state index contributed by atoms with van der Waals surface area (Å²) in [6.07, 6.45) is 6.96. The lowest BCUT2D eigenvalue weighted by atomic mass is 9.43. The van der Waals surface area contributed by atoms with Crippen molar-refractivity contribution in [2.75, 3.05) is 0 Å². The monoisotopic (exact) mass is 506 g/mol. The Bertz CT molecular complexity index is 1730. The lowest BCUT2D eigenvalue weighted by Gasteiger charge is -2.61. The minimum atomic E-state index is -1.53. The predicted octanol–water partition coefficient (Wildman–Crippen LogP) is 7.06. The fourth-order valence-electron chi connectivity index (χ4n) is 10.1. The maximum atomic E-state index is 10.4. The second-order valence-electron chi connectivity index (χ2n) is 12.7. The van der Waals surface area contributed by atoms with Gasteiger partial charge in [0.15, 0.2) is 0 Å². The fraction of sp³-hybridized carbons (Fsp3) is 0.278. The van der Waals surface area contributed by atoms with E-state index in [0.717, 1.165) is 45.2 Å².